The van der Waals surface area contributed by atoms with Gasteiger partial charge in [0.25, 0.3) is 0 Å². The highest BCUT2D eigenvalue weighted by molar-refractivity contribution is 6.01. The number of hydrogen-bond donors (Lipinski definition) is 3. The highest BCUT2D eigenvalue weighted by Crippen LogP contribution is 2.26. The number of aromatic nitrogens is 3. The van der Waals surface area contributed by atoms with Gasteiger partial charge in [-0.25, -0.2) is 19.4 Å². The standard InChI is InChI=1S/C28H29FN8/c1-28(31,22-5-3-2-4-6-22)23-17-33-27(34-18-23)37-13-11-36(12-14-37)26(35-19-30)25-15-21(16-32-25)20-7-9-24(29)10-8-20/h2-10,15-19,30,32H,11-14,31H2,1H3/b30-19?,35-26+/t28-/m0/s1. The average molecular weight is 497 g/mol. The second-order valence-electron chi connectivity index (χ2n) is 9.20. The summed E-state index contributed by atoms with van der Waals surface area (Å²) in [6.45, 7) is 4.77. The number of amidine groups is 1. The van der Waals surface area contributed by atoms with Crippen molar-refractivity contribution in [3.63, 3.8) is 0 Å². The summed E-state index contributed by atoms with van der Waals surface area (Å²) in [6.07, 6.45) is 6.53. The van der Waals surface area contributed by atoms with E-state index < -0.39 is 5.54 Å². The number of rotatable bonds is 6. The number of nitrogens with zero attached hydrogens (tertiary/aromatic N) is 5. The first-order chi connectivity index (χ1) is 18.0. The van der Waals surface area contributed by atoms with E-state index in [2.05, 4.69) is 29.7 Å². The molecule has 0 amide bonds. The Kier molecular flexibility index (Phi) is 6.78. The number of H-pyrrole nitrogens is 1. The van der Waals surface area contributed by atoms with Gasteiger partial charge in [-0.15, -0.1) is 0 Å². The number of aromatic amines is 1. The van der Waals surface area contributed by atoms with Crippen LogP contribution in [0.2, 0.25) is 0 Å². The van der Waals surface area contributed by atoms with E-state index in [1.165, 1.54) is 12.1 Å². The molecule has 8 nitrogen and oxygen atoms in total. The van der Waals surface area contributed by atoms with Gasteiger partial charge in [0.15, 0.2) is 5.84 Å². The first-order valence-electron chi connectivity index (χ1n) is 12.1. The molecule has 2 aromatic heterocycles. The third-order valence-corrected chi connectivity index (χ3v) is 6.76. The molecule has 0 unspecified atom stereocenters. The molecule has 1 fully saturated rings. The SMILES string of the molecule is C[C@](N)(c1ccccc1)c1cnc(N2CCN(/C(=N/C=N)c3cc(-c4ccc(F)cc4)c[nH]3)CC2)nc1. The lowest BCUT2D eigenvalue weighted by Crippen LogP contribution is -2.49. The maximum absolute atomic E-state index is 13.3. The van der Waals surface area contributed by atoms with Gasteiger partial charge in [0.05, 0.1) is 11.2 Å². The Bertz CT molecular complexity index is 1370. The van der Waals surface area contributed by atoms with Crippen LogP contribution in [0, 0.1) is 11.2 Å². The topological polar surface area (TPSA) is 110 Å². The summed E-state index contributed by atoms with van der Waals surface area (Å²) in [4.78, 5) is 21.1. The van der Waals surface area contributed by atoms with Crippen molar-refractivity contribution in [2.45, 2.75) is 12.5 Å². The van der Waals surface area contributed by atoms with E-state index in [-0.39, 0.29) is 5.82 Å². The molecule has 0 radical (unpaired) electrons. The molecule has 0 saturated carbocycles. The average Bonchev–Trinajstić information content (AvgIpc) is 3.43. The molecule has 2 aromatic carbocycles. The van der Waals surface area contributed by atoms with Gasteiger partial charge in [-0.1, -0.05) is 42.5 Å². The molecule has 0 spiro atoms. The Morgan fingerprint density at radius 3 is 2.32 bits per heavy atom. The predicted octanol–water partition coefficient (Wildman–Crippen LogP) is 4.01. The maximum Gasteiger partial charge on any atom is 0.225 e. The van der Waals surface area contributed by atoms with E-state index in [1.54, 1.807) is 24.5 Å². The number of hydrogen-bond acceptors (Lipinski definition) is 5. The van der Waals surface area contributed by atoms with Gasteiger partial charge in [-0.2, -0.15) is 0 Å². The summed E-state index contributed by atoms with van der Waals surface area (Å²) in [5, 5.41) is 7.57. The molecule has 188 valence electrons. The third-order valence-electron chi connectivity index (χ3n) is 6.76. The molecular weight excluding hydrogens is 467 g/mol. The molecule has 1 aliphatic heterocycles. The summed E-state index contributed by atoms with van der Waals surface area (Å²) in [5.41, 5.74) is 10.4. The molecule has 5 rings (SSSR count). The first kappa shape index (κ1) is 24.3. The van der Waals surface area contributed by atoms with Crippen molar-refractivity contribution in [1.29, 1.82) is 5.41 Å². The van der Waals surface area contributed by atoms with Crippen LogP contribution in [0.25, 0.3) is 11.1 Å². The molecule has 1 atom stereocenters. The Morgan fingerprint density at radius 2 is 1.68 bits per heavy atom. The Labute approximate surface area is 215 Å². The van der Waals surface area contributed by atoms with Crippen LogP contribution in [-0.4, -0.2) is 58.2 Å². The summed E-state index contributed by atoms with van der Waals surface area (Å²) < 4.78 is 13.3. The molecule has 1 saturated heterocycles. The van der Waals surface area contributed by atoms with E-state index >= 15 is 0 Å². The maximum atomic E-state index is 13.3. The van der Waals surface area contributed by atoms with Crippen LogP contribution in [0.1, 0.15) is 23.7 Å². The molecular formula is C28H29FN8. The number of anilines is 1. The van der Waals surface area contributed by atoms with Gasteiger partial charge in [0.2, 0.25) is 5.95 Å². The van der Waals surface area contributed by atoms with Crippen LogP contribution in [-0.2, 0) is 5.54 Å². The smallest absolute Gasteiger partial charge is 0.225 e. The van der Waals surface area contributed by atoms with Crippen molar-refractivity contribution in [2.75, 3.05) is 31.1 Å². The fourth-order valence-corrected chi connectivity index (χ4v) is 4.54. The molecule has 9 heteroatoms. The fourth-order valence-electron chi connectivity index (χ4n) is 4.54. The van der Waals surface area contributed by atoms with Crippen molar-refractivity contribution in [3.8, 4) is 11.1 Å². The van der Waals surface area contributed by atoms with E-state index in [4.69, 9.17) is 11.1 Å². The number of aliphatic imine (C=N–C) groups is 1. The second kappa shape index (κ2) is 10.3. The monoisotopic (exact) mass is 496 g/mol. The minimum absolute atomic E-state index is 0.268. The minimum Gasteiger partial charge on any atom is -0.358 e. The molecule has 4 N–H and O–H groups in total. The fraction of sp³-hybridized carbons (Fsp3) is 0.214. The number of piperazine rings is 1. The highest BCUT2D eigenvalue weighted by Gasteiger charge is 2.26. The highest BCUT2D eigenvalue weighted by atomic mass is 19.1. The van der Waals surface area contributed by atoms with Crippen LogP contribution in [0.3, 0.4) is 0 Å². The van der Waals surface area contributed by atoms with Crippen molar-refractivity contribution in [2.24, 2.45) is 10.7 Å². The Balaban J connectivity index is 1.26. The Morgan fingerprint density at radius 1 is 1.00 bits per heavy atom. The lowest BCUT2D eigenvalue weighted by Gasteiger charge is -2.36. The van der Waals surface area contributed by atoms with E-state index in [1.807, 2.05) is 49.5 Å². The second-order valence-corrected chi connectivity index (χ2v) is 9.20. The normalized spacial score (nSPS) is 15.9. The van der Waals surface area contributed by atoms with Crippen LogP contribution < -0.4 is 10.6 Å². The lowest BCUT2D eigenvalue weighted by molar-refractivity contribution is 0.383. The minimum atomic E-state index is -0.681. The van der Waals surface area contributed by atoms with E-state index in [0.717, 1.165) is 34.3 Å². The van der Waals surface area contributed by atoms with Gasteiger partial charge < -0.3 is 20.5 Å². The van der Waals surface area contributed by atoms with Crippen LogP contribution in [0.4, 0.5) is 10.3 Å². The predicted molar refractivity (Wildman–Crippen MR) is 144 cm³/mol. The number of benzene rings is 2. The molecule has 4 aromatic rings. The van der Waals surface area contributed by atoms with Gasteiger partial charge in [0, 0.05) is 50.3 Å². The Hall–Kier alpha value is -4.37. The van der Waals surface area contributed by atoms with Crippen LogP contribution in [0.5, 0.6) is 0 Å². The third kappa shape index (κ3) is 5.12. The number of nitrogens with one attached hydrogen (secondary N) is 2. The summed E-state index contributed by atoms with van der Waals surface area (Å²) in [6, 6.07) is 18.3. The van der Waals surface area contributed by atoms with Crippen LogP contribution >= 0.6 is 0 Å². The summed E-state index contributed by atoms with van der Waals surface area (Å²) in [5.74, 6) is 1.09. The van der Waals surface area contributed by atoms with Crippen LogP contribution in [0.15, 0.2) is 84.2 Å². The lowest BCUT2D eigenvalue weighted by atomic mass is 9.87. The van der Waals surface area contributed by atoms with Gasteiger partial charge in [0.1, 0.15) is 12.2 Å². The number of nitrogens with two attached hydrogens (primary N) is 1. The number of halogens is 1. The summed E-state index contributed by atoms with van der Waals surface area (Å²) in [7, 11) is 0. The molecule has 37 heavy (non-hydrogen) atoms. The molecule has 0 aliphatic carbocycles. The van der Waals surface area contributed by atoms with Crippen molar-refractivity contribution >= 4 is 18.1 Å². The van der Waals surface area contributed by atoms with Crippen molar-refractivity contribution in [3.05, 3.63) is 102 Å². The first-order valence-corrected chi connectivity index (χ1v) is 12.1. The van der Waals surface area contributed by atoms with Crippen molar-refractivity contribution < 1.29 is 4.39 Å². The molecule has 1 aliphatic rings. The molecule has 0 bridgehead atoms. The van der Waals surface area contributed by atoms with Gasteiger partial charge >= 0.3 is 0 Å². The van der Waals surface area contributed by atoms with Gasteiger partial charge in [-0.05, 0) is 41.8 Å². The quantitative estimate of drug-likeness (QED) is 0.276. The van der Waals surface area contributed by atoms with E-state index in [0.29, 0.717) is 38.0 Å². The largest absolute Gasteiger partial charge is 0.358 e. The van der Waals surface area contributed by atoms with Crippen molar-refractivity contribution in [1.82, 2.24) is 19.9 Å². The zero-order valence-electron chi connectivity index (χ0n) is 20.6. The summed E-state index contributed by atoms with van der Waals surface area (Å²) >= 11 is 0. The molecule has 3 heterocycles. The van der Waals surface area contributed by atoms with Gasteiger partial charge in [-0.3, -0.25) is 5.41 Å². The zero-order chi connectivity index (χ0) is 25.8. The van der Waals surface area contributed by atoms with E-state index in [9.17, 15) is 4.39 Å². The zero-order valence-corrected chi connectivity index (χ0v) is 20.6.